The van der Waals surface area contributed by atoms with Crippen molar-refractivity contribution >= 4 is 30.8 Å². The van der Waals surface area contributed by atoms with Gasteiger partial charge >= 0.3 is 47.3 Å². The maximum atomic E-state index is 10.6. The minimum absolute atomic E-state index is 0. The van der Waals surface area contributed by atoms with Gasteiger partial charge in [0.15, 0.2) is 0 Å². The van der Waals surface area contributed by atoms with Crippen LogP contribution >= 0.6 is 18.8 Å². The second-order valence-electron chi connectivity index (χ2n) is 2.44. The summed E-state index contributed by atoms with van der Waals surface area (Å²) >= 11 is -0.472. The largest absolute Gasteiger partial charge is 0.693 e. The summed E-state index contributed by atoms with van der Waals surface area (Å²) in [6.07, 6.45) is 0. The average Bonchev–Trinajstić information content (AvgIpc) is 2.18. The van der Waals surface area contributed by atoms with Gasteiger partial charge in [0.25, 0.3) is 0 Å². The molecule has 10 heteroatoms. The summed E-state index contributed by atoms with van der Waals surface area (Å²) in [5, 5.41) is 8.69. The number of aromatic carboxylic acids is 1. The molecule has 20 heavy (non-hydrogen) atoms. The third-order valence-corrected chi connectivity index (χ3v) is 1.37. The predicted octanol–water partition coefficient (Wildman–Crippen LogP) is 3.75. The molecular formula is C10H17Cl2N2O5Pt-3. The fourth-order valence-corrected chi connectivity index (χ4v) is 0.887. The van der Waals surface area contributed by atoms with Gasteiger partial charge < -0.3 is 35.0 Å². The molecule has 0 aliphatic rings. The second-order valence-corrected chi connectivity index (χ2v) is 5.72. The molecule has 0 fully saturated rings. The van der Waals surface area contributed by atoms with Crippen molar-refractivity contribution in [2.75, 3.05) is 0 Å². The molecule has 0 amide bonds. The van der Waals surface area contributed by atoms with Crippen LogP contribution in [-0.4, -0.2) is 22.5 Å². The third kappa shape index (κ3) is 13.7. The fourth-order valence-electron chi connectivity index (χ4n) is 0.887. The van der Waals surface area contributed by atoms with E-state index in [-0.39, 0.29) is 36.5 Å². The Bertz CT molecular complexity index is 382. The van der Waals surface area contributed by atoms with Crippen LogP contribution in [0.4, 0.5) is 0 Å². The van der Waals surface area contributed by atoms with Gasteiger partial charge in [0, 0.05) is 6.92 Å². The van der Waals surface area contributed by atoms with Gasteiger partial charge in [-0.1, -0.05) is 12.1 Å². The zero-order valence-corrected chi connectivity index (χ0v) is 14.5. The van der Waals surface area contributed by atoms with Gasteiger partial charge in [0.2, 0.25) is 0 Å². The number of benzene rings is 1. The van der Waals surface area contributed by atoms with Crippen LogP contribution in [0.15, 0.2) is 24.3 Å². The number of nitrogens with two attached hydrogens (primary N) is 2. The summed E-state index contributed by atoms with van der Waals surface area (Å²) in [6, 6.07) is 5.98. The normalized spacial score (nSPS) is 7.15. The summed E-state index contributed by atoms with van der Waals surface area (Å²) in [5.74, 6) is -1.58. The van der Waals surface area contributed by atoms with Crippen molar-refractivity contribution in [3.63, 3.8) is 0 Å². The Morgan fingerprint density at radius 1 is 1.20 bits per heavy atom. The first kappa shape index (κ1) is 31.6. The standard InChI is InChI=1S/C9H8O4.CH3.2ClH.2H2N.H2O.Pt/c1-6(10)13-8-5-3-2-4-7(8)9(11)12;;;;;;;/h2-5H,1H3,(H,11,12);1H3;2*1H;3*1H2;/q;-1;;;2*-1;;+2/p-2. The van der Waals surface area contributed by atoms with Gasteiger partial charge in [-0.3, -0.25) is 4.79 Å². The van der Waals surface area contributed by atoms with Crippen molar-refractivity contribution in [1.29, 1.82) is 0 Å². The van der Waals surface area contributed by atoms with Crippen LogP contribution in [-0.2, 0) is 21.3 Å². The van der Waals surface area contributed by atoms with Crippen molar-refractivity contribution in [3.8, 4) is 5.75 Å². The van der Waals surface area contributed by atoms with Crippen LogP contribution in [0.5, 0.6) is 5.75 Å². The molecule has 0 unspecified atom stereocenters. The Morgan fingerprint density at radius 3 is 1.95 bits per heavy atom. The van der Waals surface area contributed by atoms with E-state index in [1.165, 1.54) is 19.1 Å². The van der Waals surface area contributed by atoms with Crippen molar-refractivity contribution in [3.05, 3.63) is 49.6 Å². The molecule has 0 bridgehead atoms. The first-order valence-electron chi connectivity index (χ1n) is 3.86. The Morgan fingerprint density at radius 2 is 1.60 bits per heavy atom. The topological polar surface area (TPSA) is 162 Å². The zero-order chi connectivity index (χ0) is 12.6. The molecule has 7 nitrogen and oxygen atoms in total. The predicted molar refractivity (Wildman–Crippen MR) is 77.0 cm³/mol. The summed E-state index contributed by atoms with van der Waals surface area (Å²) in [6.45, 7) is 1.22. The number of halogens is 2. The number of carbonyl (C=O) groups excluding carboxylic acids is 1. The number of rotatable bonds is 2. The van der Waals surface area contributed by atoms with Crippen LogP contribution in [0.25, 0.3) is 12.3 Å². The quantitative estimate of drug-likeness (QED) is 0.364. The Labute approximate surface area is 134 Å². The molecule has 1 aromatic rings. The Hall–Kier alpha value is -0.692. The molecule has 1 rings (SSSR count). The van der Waals surface area contributed by atoms with Crippen LogP contribution in [0.1, 0.15) is 17.3 Å². The van der Waals surface area contributed by atoms with Crippen molar-refractivity contribution in [2.24, 2.45) is 0 Å². The number of esters is 1. The van der Waals surface area contributed by atoms with E-state index in [4.69, 9.17) is 23.9 Å². The molecule has 1 aromatic carbocycles. The molecule has 124 valence electrons. The van der Waals surface area contributed by atoms with E-state index >= 15 is 0 Å². The molecule has 0 atom stereocenters. The third-order valence-electron chi connectivity index (χ3n) is 1.37. The molecule has 7 N–H and O–H groups in total. The van der Waals surface area contributed by atoms with E-state index in [1.54, 1.807) is 12.1 Å². The summed E-state index contributed by atoms with van der Waals surface area (Å²) < 4.78 is 4.69. The van der Waals surface area contributed by atoms with Crippen LogP contribution < -0.4 is 4.74 Å². The van der Waals surface area contributed by atoms with E-state index in [2.05, 4.69) is 4.74 Å². The van der Waals surface area contributed by atoms with E-state index < -0.39 is 28.4 Å². The number of hydrogen-bond donors (Lipinski definition) is 1. The maximum absolute atomic E-state index is 10.6. The summed E-state index contributed by atoms with van der Waals surface area (Å²) in [7, 11) is 9.75. The van der Waals surface area contributed by atoms with Gasteiger partial charge in [-0.05, 0) is 12.1 Å². The minimum atomic E-state index is -1.11. The first-order valence-corrected chi connectivity index (χ1v) is 9.49. The summed E-state index contributed by atoms with van der Waals surface area (Å²) in [4.78, 5) is 21.2. The van der Waals surface area contributed by atoms with E-state index in [1.807, 2.05) is 0 Å². The molecule has 0 spiro atoms. The average molecular weight is 511 g/mol. The van der Waals surface area contributed by atoms with Gasteiger partial charge in [-0.2, -0.15) is 0 Å². The van der Waals surface area contributed by atoms with Crippen molar-refractivity contribution in [2.45, 2.75) is 6.92 Å². The zero-order valence-electron chi connectivity index (χ0n) is 10.7. The number of para-hydroxylation sites is 1. The van der Waals surface area contributed by atoms with E-state index in [0.29, 0.717) is 0 Å². The van der Waals surface area contributed by atoms with Crippen molar-refractivity contribution < 1.29 is 41.4 Å². The second kappa shape index (κ2) is 18.3. The molecule has 0 radical (unpaired) electrons. The van der Waals surface area contributed by atoms with Gasteiger partial charge in [-0.25, -0.2) is 4.79 Å². The fraction of sp³-hybridized carbons (Fsp3) is 0.100. The Kier molecular flexibility index (Phi) is 28.9. The van der Waals surface area contributed by atoms with Gasteiger partial charge in [0.05, 0.1) is 0 Å². The number of carboxylic acids is 1. The van der Waals surface area contributed by atoms with Gasteiger partial charge in [0.1, 0.15) is 11.3 Å². The number of carbonyl (C=O) groups is 2. The Balaban J connectivity index is -0.0000000987. The van der Waals surface area contributed by atoms with Crippen LogP contribution in [0.2, 0.25) is 0 Å². The van der Waals surface area contributed by atoms with E-state index in [0.717, 1.165) is 0 Å². The summed E-state index contributed by atoms with van der Waals surface area (Å²) in [5.41, 5.74) is -0.0160. The van der Waals surface area contributed by atoms with Crippen LogP contribution in [0, 0.1) is 7.43 Å². The number of carboxylic acid groups (broad SMARTS) is 1. The number of ether oxygens (including phenoxy) is 1. The maximum Gasteiger partial charge on any atom is -0.693 e. The van der Waals surface area contributed by atoms with Gasteiger partial charge in [-0.15, -0.1) is 0 Å². The molecule has 0 aromatic heterocycles. The first-order chi connectivity index (χ1) is 7.52. The van der Waals surface area contributed by atoms with Crippen LogP contribution in [0.3, 0.4) is 0 Å². The SMILES string of the molecule is CC(=O)Oc1ccccc1C(=O)O.O.[CH3-].[Cl][Pt][Cl].[NH2-].[NH2-]. The number of hydrogen-bond acceptors (Lipinski definition) is 3. The molecule has 0 saturated heterocycles. The molecular weight excluding hydrogens is 494 g/mol. The van der Waals surface area contributed by atoms with E-state index in [9.17, 15) is 9.59 Å². The molecule has 0 saturated carbocycles. The molecule has 0 aliphatic heterocycles. The minimum Gasteiger partial charge on any atom is -0.693 e. The van der Waals surface area contributed by atoms with Crippen molar-refractivity contribution in [1.82, 2.24) is 0 Å². The molecule has 0 heterocycles. The molecule has 0 aliphatic carbocycles. The smallest absolute Gasteiger partial charge is 0.693 e. The monoisotopic (exact) mass is 510 g/mol.